The fourth-order valence-electron chi connectivity index (χ4n) is 2.17. The van der Waals surface area contributed by atoms with Gasteiger partial charge in [0.15, 0.2) is 0 Å². The highest BCUT2D eigenvalue weighted by Gasteiger charge is 2.19. The topological polar surface area (TPSA) is 81.7 Å². The van der Waals surface area contributed by atoms with Gasteiger partial charge in [0.2, 0.25) is 10.0 Å². The summed E-state index contributed by atoms with van der Waals surface area (Å²) in [5.74, 6) is 0.0646. The number of sulfonamides is 1. The van der Waals surface area contributed by atoms with Crippen molar-refractivity contribution in [2.24, 2.45) is 0 Å². The van der Waals surface area contributed by atoms with Crippen molar-refractivity contribution in [1.29, 1.82) is 0 Å². The van der Waals surface area contributed by atoms with E-state index in [2.05, 4.69) is 9.46 Å². The van der Waals surface area contributed by atoms with Gasteiger partial charge in [-0.15, -0.1) is 0 Å². The van der Waals surface area contributed by atoms with Gasteiger partial charge in [-0.25, -0.2) is 17.9 Å². The molecular weight excluding hydrogens is 330 g/mol. The number of hydrogen-bond donors (Lipinski definition) is 1. The molecule has 7 heteroatoms. The SMILES string of the molecule is COC(=O)c1ccc(C)c(S(=O)(=O)NCc2cccc(OC)c2)c1. The first kappa shape index (κ1) is 18.0. The minimum absolute atomic E-state index is 0.0493. The molecule has 2 rings (SSSR count). The lowest BCUT2D eigenvalue weighted by molar-refractivity contribution is 0.0600. The Morgan fingerprint density at radius 2 is 1.88 bits per heavy atom. The summed E-state index contributed by atoms with van der Waals surface area (Å²) in [7, 11) is -0.978. The molecular formula is C17H19NO5S. The van der Waals surface area contributed by atoms with E-state index < -0.39 is 16.0 Å². The van der Waals surface area contributed by atoms with Crippen molar-refractivity contribution in [2.75, 3.05) is 14.2 Å². The molecule has 2 aromatic rings. The molecule has 1 N–H and O–H groups in total. The Hall–Kier alpha value is -2.38. The monoisotopic (exact) mass is 349 g/mol. The first-order valence-electron chi connectivity index (χ1n) is 7.19. The van der Waals surface area contributed by atoms with E-state index in [1.165, 1.54) is 19.2 Å². The Balaban J connectivity index is 2.25. The molecule has 0 radical (unpaired) electrons. The van der Waals surface area contributed by atoms with E-state index in [0.29, 0.717) is 11.3 Å². The Labute approximate surface area is 141 Å². The fraction of sp³-hybridized carbons (Fsp3) is 0.235. The van der Waals surface area contributed by atoms with Crippen LogP contribution in [-0.4, -0.2) is 28.6 Å². The summed E-state index contributed by atoms with van der Waals surface area (Å²) in [5.41, 5.74) is 1.49. The van der Waals surface area contributed by atoms with Crippen LogP contribution >= 0.6 is 0 Å². The number of hydrogen-bond acceptors (Lipinski definition) is 5. The van der Waals surface area contributed by atoms with Crippen molar-refractivity contribution in [3.63, 3.8) is 0 Å². The summed E-state index contributed by atoms with van der Waals surface area (Å²) in [5, 5.41) is 0. The molecule has 6 nitrogen and oxygen atoms in total. The van der Waals surface area contributed by atoms with Crippen LogP contribution in [0.5, 0.6) is 5.75 Å². The number of esters is 1. The highest BCUT2D eigenvalue weighted by molar-refractivity contribution is 7.89. The van der Waals surface area contributed by atoms with E-state index >= 15 is 0 Å². The molecule has 0 bridgehead atoms. The number of carbonyl (C=O) groups is 1. The average molecular weight is 349 g/mol. The maximum absolute atomic E-state index is 12.5. The number of nitrogens with one attached hydrogen (secondary N) is 1. The molecule has 0 aliphatic carbocycles. The van der Waals surface area contributed by atoms with Gasteiger partial charge in [-0.3, -0.25) is 0 Å². The van der Waals surface area contributed by atoms with Gasteiger partial charge in [-0.1, -0.05) is 18.2 Å². The number of carbonyl (C=O) groups excluding carboxylic acids is 1. The molecule has 128 valence electrons. The van der Waals surface area contributed by atoms with Gasteiger partial charge in [0, 0.05) is 6.54 Å². The Bertz CT molecular complexity index is 846. The lowest BCUT2D eigenvalue weighted by Gasteiger charge is -2.11. The highest BCUT2D eigenvalue weighted by atomic mass is 32.2. The van der Waals surface area contributed by atoms with Gasteiger partial charge in [0.1, 0.15) is 5.75 Å². The van der Waals surface area contributed by atoms with Crippen LogP contribution < -0.4 is 9.46 Å². The highest BCUT2D eigenvalue weighted by Crippen LogP contribution is 2.19. The predicted octanol–water partition coefficient (Wildman–Crippen LogP) is 2.27. The lowest BCUT2D eigenvalue weighted by atomic mass is 10.1. The van der Waals surface area contributed by atoms with Gasteiger partial charge < -0.3 is 9.47 Å². The Kier molecular flexibility index (Phi) is 5.58. The van der Waals surface area contributed by atoms with Gasteiger partial charge >= 0.3 is 5.97 Å². The molecule has 0 saturated carbocycles. The van der Waals surface area contributed by atoms with E-state index in [0.717, 1.165) is 5.56 Å². The third-order valence-corrected chi connectivity index (χ3v) is 5.04. The van der Waals surface area contributed by atoms with Crippen LogP contribution in [0.2, 0.25) is 0 Å². The maximum Gasteiger partial charge on any atom is 0.337 e. The van der Waals surface area contributed by atoms with Gasteiger partial charge in [-0.05, 0) is 42.3 Å². The summed E-state index contributed by atoms with van der Waals surface area (Å²) < 4.78 is 37.4. The third kappa shape index (κ3) is 4.12. The first-order valence-corrected chi connectivity index (χ1v) is 8.67. The fourth-order valence-corrected chi connectivity index (χ4v) is 3.46. The van der Waals surface area contributed by atoms with Crippen molar-refractivity contribution in [3.8, 4) is 5.75 Å². The molecule has 0 amide bonds. The smallest absolute Gasteiger partial charge is 0.337 e. The minimum atomic E-state index is -3.77. The molecule has 0 aliphatic heterocycles. The minimum Gasteiger partial charge on any atom is -0.497 e. The van der Waals surface area contributed by atoms with Gasteiger partial charge in [-0.2, -0.15) is 0 Å². The summed E-state index contributed by atoms with van der Waals surface area (Å²) >= 11 is 0. The molecule has 0 unspecified atom stereocenters. The molecule has 0 aliphatic rings. The van der Waals surface area contributed by atoms with Crippen LogP contribution in [0.15, 0.2) is 47.4 Å². The standard InChI is InChI=1S/C17H19NO5S/c1-12-7-8-14(17(19)23-3)10-16(12)24(20,21)18-11-13-5-4-6-15(9-13)22-2/h4-10,18H,11H2,1-3H3. The van der Waals surface area contributed by atoms with Crippen LogP contribution in [-0.2, 0) is 21.3 Å². The number of rotatable bonds is 6. The molecule has 0 fully saturated rings. The van der Waals surface area contributed by atoms with Gasteiger partial charge in [0.25, 0.3) is 0 Å². The van der Waals surface area contributed by atoms with Crippen molar-refractivity contribution in [1.82, 2.24) is 4.72 Å². The zero-order chi connectivity index (χ0) is 17.7. The van der Waals surface area contributed by atoms with E-state index in [4.69, 9.17) is 4.74 Å². The summed E-state index contributed by atoms with van der Waals surface area (Å²) in [6.07, 6.45) is 0. The molecule has 0 spiro atoms. The number of aryl methyl sites for hydroxylation is 1. The Morgan fingerprint density at radius 1 is 1.12 bits per heavy atom. The number of ether oxygens (including phenoxy) is 2. The lowest BCUT2D eigenvalue weighted by Crippen LogP contribution is -2.24. The van der Waals surface area contributed by atoms with Crippen LogP contribution in [0.4, 0.5) is 0 Å². The van der Waals surface area contributed by atoms with E-state index in [1.54, 1.807) is 44.4 Å². The van der Waals surface area contributed by atoms with E-state index in [9.17, 15) is 13.2 Å². The quantitative estimate of drug-likeness (QED) is 0.809. The van der Waals surface area contributed by atoms with Crippen LogP contribution in [0.1, 0.15) is 21.5 Å². The van der Waals surface area contributed by atoms with E-state index in [1.807, 2.05) is 0 Å². The molecule has 0 heterocycles. The van der Waals surface area contributed by atoms with E-state index in [-0.39, 0.29) is 17.0 Å². The molecule has 0 saturated heterocycles. The van der Waals surface area contributed by atoms with Crippen LogP contribution in [0, 0.1) is 6.92 Å². The van der Waals surface area contributed by atoms with Crippen molar-refractivity contribution in [2.45, 2.75) is 18.4 Å². The Morgan fingerprint density at radius 3 is 2.54 bits per heavy atom. The first-order chi connectivity index (χ1) is 11.4. The number of methoxy groups -OCH3 is 2. The molecule has 2 aromatic carbocycles. The zero-order valence-electron chi connectivity index (χ0n) is 13.7. The second-order valence-electron chi connectivity index (χ2n) is 5.15. The molecule has 0 aromatic heterocycles. The summed E-state index contributed by atoms with van der Waals surface area (Å²) in [4.78, 5) is 11.7. The van der Waals surface area contributed by atoms with Crippen molar-refractivity contribution >= 4 is 16.0 Å². The largest absolute Gasteiger partial charge is 0.497 e. The van der Waals surface area contributed by atoms with Gasteiger partial charge in [0.05, 0.1) is 24.7 Å². The summed E-state index contributed by atoms with van der Waals surface area (Å²) in [6, 6.07) is 11.5. The second-order valence-corrected chi connectivity index (χ2v) is 6.88. The molecule has 24 heavy (non-hydrogen) atoms. The van der Waals surface area contributed by atoms with Crippen LogP contribution in [0.25, 0.3) is 0 Å². The molecule has 0 atom stereocenters. The van der Waals surface area contributed by atoms with Crippen LogP contribution in [0.3, 0.4) is 0 Å². The average Bonchev–Trinajstić information content (AvgIpc) is 2.59. The normalized spacial score (nSPS) is 11.1. The van der Waals surface area contributed by atoms with Crippen molar-refractivity contribution in [3.05, 3.63) is 59.2 Å². The predicted molar refractivity (Wildman–Crippen MR) is 89.5 cm³/mol. The number of benzene rings is 2. The second kappa shape index (κ2) is 7.46. The third-order valence-electron chi connectivity index (χ3n) is 3.50. The van der Waals surface area contributed by atoms with Crippen molar-refractivity contribution < 1.29 is 22.7 Å². The zero-order valence-corrected chi connectivity index (χ0v) is 14.5. The summed E-state index contributed by atoms with van der Waals surface area (Å²) in [6.45, 7) is 1.78. The maximum atomic E-state index is 12.5.